The van der Waals surface area contributed by atoms with Crippen LogP contribution in [-0.2, 0) is 10.3 Å². The number of benzene rings is 1. The van der Waals surface area contributed by atoms with E-state index >= 15 is 0 Å². The largest absolute Gasteiger partial charge is 0.399 e. The van der Waals surface area contributed by atoms with Crippen molar-refractivity contribution >= 4 is 17.1 Å². The number of hydrogen-bond acceptors (Lipinski definition) is 6. The highest BCUT2D eigenvalue weighted by Crippen LogP contribution is 2.40. The smallest absolute Gasteiger partial charge is 0.120 e. The lowest BCUT2D eigenvalue weighted by Gasteiger charge is -2.38. The third-order valence-corrected chi connectivity index (χ3v) is 4.56. The second kappa shape index (κ2) is 6.29. The van der Waals surface area contributed by atoms with E-state index in [9.17, 15) is 10.5 Å². The van der Waals surface area contributed by atoms with E-state index in [1.165, 1.54) is 13.3 Å². The fourth-order valence-corrected chi connectivity index (χ4v) is 3.45. The molecule has 0 amide bonds. The molecule has 1 aromatic heterocycles. The predicted octanol–water partition coefficient (Wildman–Crippen LogP) is 2.34. The normalized spacial score (nSPS) is 25.9. The zero-order chi connectivity index (χ0) is 18.0. The highest BCUT2D eigenvalue weighted by Gasteiger charge is 2.45. The number of aromatic amines is 1. The molecule has 3 unspecified atom stereocenters. The average Bonchev–Trinajstić information content (AvgIpc) is 3.01. The van der Waals surface area contributed by atoms with Crippen LogP contribution in [-0.4, -0.2) is 29.6 Å². The minimum absolute atomic E-state index is 0.135. The highest BCUT2D eigenvalue weighted by molar-refractivity contribution is 5.97. The molecule has 3 rings (SSSR count). The number of nitriles is 2. The molecule has 25 heavy (non-hydrogen) atoms. The first-order chi connectivity index (χ1) is 12.1. The van der Waals surface area contributed by atoms with Crippen molar-refractivity contribution in [1.82, 2.24) is 15.5 Å². The summed E-state index contributed by atoms with van der Waals surface area (Å²) in [6.45, 7) is 3.83. The van der Waals surface area contributed by atoms with E-state index in [1.807, 2.05) is 38.1 Å². The summed E-state index contributed by atoms with van der Waals surface area (Å²) < 4.78 is 0. The van der Waals surface area contributed by atoms with Gasteiger partial charge in [-0.05, 0) is 37.6 Å². The number of oxime groups is 1. The summed E-state index contributed by atoms with van der Waals surface area (Å²) in [5, 5.41) is 34.7. The van der Waals surface area contributed by atoms with E-state index in [4.69, 9.17) is 4.84 Å². The van der Waals surface area contributed by atoms with Gasteiger partial charge in [0.25, 0.3) is 0 Å². The topological polar surface area (TPSA) is 110 Å². The fraction of sp³-hybridized carbons (Fsp3) is 0.333. The van der Waals surface area contributed by atoms with Gasteiger partial charge in [0.15, 0.2) is 0 Å². The lowest BCUT2D eigenvalue weighted by Crippen LogP contribution is -2.48. The van der Waals surface area contributed by atoms with E-state index in [0.29, 0.717) is 5.69 Å². The van der Waals surface area contributed by atoms with E-state index in [2.05, 4.69) is 32.8 Å². The summed E-state index contributed by atoms with van der Waals surface area (Å²) in [6.07, 6.45) is 3.35. The van der Waals surface area contributed by atoms with Crippen molar-refractivity contribution in [3.05, 3.63) is 41.2 Å². The van der Waals surface area contributed by atoms with Gasteiger partial charge in [0.2, 0.25) is 0 Å². The second-order valence-corrected chi connectivity index (χ2v) is 6.13. The van der Waals surface area contributed by atoms with Crippen LogP contribution in [0.2, 0.25) is 0 Å². The van der Waals surface area contributed by atoms with E-state index < -0.39 is 11.3 Å². The molecular weight excluding hydrogens is 316 g/mol. The van der Waals surface area contributed by atoms with Crippen LogP contribution in [0.25, 0.3) is 10.9 Å². The molecule has 2 aromatic rings. The van der Waals surface area contributed by atoms with E-state index in [1.54, 1.807) is 0 Å². The Bertz CT molecular complexity index is 945. The maximum absolute atomic E-state index is 10.0. The summed E-state index contributed by atoms with van der Waals surface area (Å²) in [7, 11) is 1.46. The summed E-state index contributed by atoms with van der Waals surface area (Å²) in [6, 6.07) is 10.2. The van der Waals surface area contributed by atoms with E-state index in [0.717, 1.165) is 22.2 Å². The molecule has 7 nitrogen and oxygen atoms in total. The monoisotopic (exact) mass is 334 g/mol. The molecule has 126 valence electrons. The minimum Gasteiger partial charge on any atom is -0.399 e. The Morgan fingerprint density at radius 2 is 2.20 bits per heavy atom. The number of rotatable bonds is 3. The zero-order valence-electron chi connectivity index (χ0n) is 14.2. The SMILES string of the molecule is CON=Cc1n[nH]c2ccc(C3(C#N)C=C(C)NC(C)C3C#N)cc12. The molecule has 0 spiro atoms. The Balaban J connectivity index is 2.22. The summed E-state index contributed by atoms with van der Waals surface area (Å²) in [5.41, 5.74) is 2.06. The van der Waals surface area contributed by atoms with Crippen LogP contribution in [0.1, 0.15) is 25.1 Å². The molecular formula is C18H18N6O. The standard InChI is InChI=1S/C18H18N6O/c1-11-7-18(10-20,15(8-19)12(2)22-11)13-4-5-16-14(6-13)17(24-23-16)9-21-25-3/h4-7,9,12,15,22H,1-3H3,(H,23,24). The molecule has 1 aliphatic heterocycles. The first kappa shape index (κ1) is 16.5. The molecule has 2 N–H and O–H groups in total. The second-order valence-electron chi connectivity index (χ2n) is 6.13. The number of nitrogens with zero attached hydrogens (tertiary/aromatic N) is 4. The summed E-state index contributed by atoms with van der Waals surface area (Å²) >= 11 is 0. The maximum atomic E-state index is 10.0. The Kier molecular flexibility index (Phi) is 4.16. The van der Waals surface area contributed by atoms with E-state index in [-0.39, 0.29) is 6.04 Å². The van der Waals surface area contributed by atoms with Gasteiger partial charge in [-0.2, -0.15) is 15.6 Å². The van der Waals surface area contributed by atoms with Crippen LogP contribution < -0.4 is 5.32 Å². The molecule has 1 aromatic carbocycles. The van der Waals surface area contributed by atoms with Crippen molar-refractivity contribution in [3.8, 4) is 12.1 Å². The lowest BCUT2D eigenvalue weighted by atomic mass is 9.67. The summed E-state index contributed by atoms with van der Waals surface area (Å²) in [5.74, 6) is -0.512. The molecule has 2 heterocycles. The van der Waals surface area contributed by atoms with Crippen LogP contribution >= 0.6 is 0 Å². The van der Waals surface area contributed by atoms with Gasteiger partial charge in [-0.15, -0.1) is 0 Å². The lowest BCUT2D eigenvalue weighted by molar-refractivity contribution is 0.215. The molecule has 0 radical (unpaired) electrons. The highest BCUT2D eigenvalue weighted by atomic mass is 16.6. The molecule has 0 saturated carbocycles. The van der Waals surface area contributed by atoms with Crippen LogP contribution in [0.5, 0.6) is 0 Å². The van der Waals surface area contributed by atoms with Gasteiger partial charge in [-0.25, -0.2) is 0 Å². The average molecular weight is 334 g/mol. The number of aromatic nitrogens is 2. The molecule has 0 aliphatic carbocycles. The Hall–Kier alpha value is -3.32. The van der Waals surface area contributed by atoms with Crippen LogP contribution in [0.4, 0.5) is 0 Å². The minimum atomic E-state index is -1.02. The molecule has 1 aliphatic rings. The van der Waals surface area contributed by atoms with Gasteiger partial charge in [-0.3, -0.25) is 5.10 Å². The zero-order valence-corrected chi connectivity index (χ0v) is 14.2. The number of fused-ring (bicyclic) bond motifs is 1. The van der Waals surface area contributed by atoms with Crippen LogP contribution in [0.15, 0.2) is 35.1 Å². The Morgan fingerprint density at radius 1 is 1.40 bits per heavy atom. The number of H-pyrrole nitrogens is 1. The van der Waals surface area contributed by atoms with Crippen molar-refractivity contribution < 1.29 is 4.84 Å². The van der Waals surface area contributed by atoms with Gasteiger partial charge < -0.3 is 10.2 Å². The van der Waals surface area contributed by atoms with Gasteiger partial charge in [0.05, 0.1) is 29.8 Å². The molecule has 0 fully saturated rings. The van der Waals surface area contributed by atoms with Crippen molar-refractivity contribution in [2.75, 3.05) is 7.11 Å². The Morgan fingerprint density at radius 3 is 2.88 bits per heavy atom. The Labute approximate surface area is 145 Å². The molecule has 7 heteroatoms. The summed E-state index contributed by atoms with van der Waals surface area (Å²) in [4.78, 5) is 4.72. The molecule has 3 atom stereocenters. The van der Waals surface area contributed by atoms with Gasteiger partial charge >= 0.3 is 0 Å². The van der Waals surface area contributed by atoms with Crippen molar-refractivity contribution in [3.63, 3.8) is 0 Å². The maximum Gasteiger partial charge on any atom is 0.120 e. The van der Waals surface area contributed by atoms with Gasteiger partial charge in [0.1, 0.15) is 18.2 Å². The molecule has 0 saturated heterocycles. The fourth-order valence-electron chi connectivity index (χ4n) is 3.45. The number of nitrogens with one attached hydrogen (secondary N) is 2. The third kappa shape index (κ3) is 2.60. The number of hydrogen-bond donors (Lipinski definition) is 2. The van der Waals surface area contributed by atoms with Crippen molar-refractivity contribution in [2.45, 2.75) is 25.3 Å². The van der Waals surface area contributed by atoms with Crippen LogP contribution in [0.3, 0.4) is 0 Å². The quantitative estimate of drug-likeness (QED) is 0.661. The predicted molar refractivity (Wildman–Crippen MR) is 93.4 cm³/mol. The third-order valence-electron chi connectivity index (χ3n) is 4.56. The first-order valence-corrected chi connectivity index (χ1v) is 7.87. The van der Waals surface area contributed by atoms with Gasteiger partial charge in [0, 0.05) is 17.1 Å². The van der Waals surface area contributed by atoms with Gasteiger partial charge in [-0.1, -0.05) is 11.2 Å². The van der Waals surface area contributed by atoms with Crippen molar-refractivity contribution in [1.29, 1.82) is 10.5 Å². The number of allylic oxidation sites excluding steroid dienone is 2. The molecule has 0 bridgehead atoms. The van der Waals surface area contributed by atoms with Crippen LogP contribution in [0, 0.1) is 28.6 Å². The van der Waals surface area contributed by atoms with Crippen molar-refractivity contribution in [2.24, 2.45) is 11.1 Å². The first-order valence-electron chi connectivity index (χ1n) is 7.87.